The Labute approximate surface area is 187 Å². The summed E-state index contributed by atoms with van der Waals surface area (Å²) in [5.41, 5.74) is 0.779. The minimum absolute atomic E-state index is 0.101. The molecule has 3 aromatic rings. The van der Waals surface area contributed by atoms with Gasteiger partial charge in [-0.3, -0.25) is 9.59 Å². The number of ether oxygens (including phenoxy) is 1. The van der Waals surface area contributed by atoms with Crippen molar-refractivity contribution in [1.29, 1.82) is 0 Å². The van der Waals surface area contributed by atoms with Crippen LogP contribution in [0.15, 0.2) is 77.4 Å². The molecule has 0 aliphatic rings. The Morgan fingerprint density at radius 3 is 2.28 bits per heavy atom. The molecule has 0 unspecified atom stereocenters. The highest BCUT2D eigenvalue weighted by atomic mass is 19.1. The number of para-hydroxylation sites is 1. The summed E-state index contributed by atoms with van der Waals surface area (Å²) in [5, 5.41) is 0. The van der Waals surface area contributed by atoms with Crippen LogP contribution in [0.4, 0.5) is 4.39 Å². The molecule has 0 atom stereocenters. The summed E-state index contributed by atoms with van der Waals surface area (Å²) in [6.07, 6.45) is 1.54. The standard InChI is InChI=1S/C25H27FN2O4/c1-19(2)28(25(30)18-32-22-7-4-3-5-8-22)17-24(29)27(16-23-9-6-14-31-23)15-20-10-12-21(26)13-11-20/h3-14,19H,15-18H2,1-2H3. The maximum absolute atomic E-state index is 13.3. The van der Waals surface area contributed by atoms with E-state index in [0.29, 0.717) is 11.5 Å². The molecule has 168 valence electrons. The Balaban J connectivity index is 1.69. The number of hydrogen-bond acceptors (Lipinski definition) is 4. The monoisotopic (exact) mass is 438 g/mol. The van der Waals surface area contributed by atoms with Crippen LogP contribution in [0.3, 0.4) is 0 Å². The molecule has 1 aromatic heterocycles. The molecule has 32 heavy (non-hydrogen) atoms. The van der Waals surface area contributed by atoms with Crippen molar-refractivity contribution in [3.05, 3.63) is 90.1 Å². The van der Waals surface area contributed by atoms with Crippen LogP contribution in [0.25, 0.3) is 0 Å². The first-order chi connectivity index (χ1) is 15.4. The van der Waals surface area contributed by atoms with Crippen molar-refractivity contribution < 1.29 is 23.1 Å². The third-order valence-electron chi connectivity index (χ3n) is 4.92. The van der Waals surface area contributed by atoms with E-state index in [4.69, 9.17) is 9.15 Å². The molecular formula is C25H27FN2O4. The molecule has 0 saturated heterocycles. The van der Waals surface area contributed by atoms with E-state index in [1.165, 1.54) is 17.0 Å². The van der Waals surface area contributed by atoms with E-state index >= 15 is 0 Å². The summed E-state index contributed by atoms with van der Waals surface area (Å²) in [5.74, 6) is 0.346. The first kappa shape index (κ1) is 23.1. The fourth-order valence-electron chi connectivity index (χ4n) is 3.18. The molecular weight excluding hydrogens is 411 g/mol. The van der Waals surface area contributed by atoms with E-state index in [9.17, 15) is 14.0 Å². The van der Waals surface area contributed by atoms with Gasteiger partial charge < -0.3 is 19.0 Å². The molecule has 0 aliphatic heterocycles. The van der Waals surface area contributed by atoms with Crippen LogP contribution in [0.1, 0.15) is 25.2 Å². The summed E-state index contributed by atoms with van der Waals surface area (Å²) in [4.78, 5) is 29.1. The summed E-state index contributed by atoms with van der Waals surface area (Å²) < 4.78 is 24.3. The highest BCUT2D eigenvalue weighted by molar-refractivity contribution is 5.85. The fraction of sp³-hybridized carbons (Fsp3) is 0.280. The number of carbonyl (C=O) groups excluding carboxylic acids is 2. The molecule has 0 N–H and O–H groups in total. The van der Waals surface area contributed by atoms with Gasteiger partial charge in [0.25, 0.3) is 5.91 Å². The summed E-state index contributed by atoms with van der Waals surface area (Å²) in [7, 11) is 0. The molecule has 6 nitrogen and oxygen atoms in total. The van der Waals surface area contributed by atoms with Crippen LogP contribution < -0.4 is 4.74 Å². The Bertz CT molecular complexity index is 989. The van der Waals surface area contributed by atoms with Gasteiger partial charge in [-0.05, 0) is 55.8 Å². The Morgan fingerprint density at radius 2 is 1.66 bits per heavy atom. The molecule has 2 aromatic carbocycles. The van der Waals surface area contributed by atoms with Crippen LogP contribution in [0.2, 0.25) is 0 Å². The normalized spacial score (nSPS) is 10.8. The van der Waals surface area contributed by atoms with Gasteiger partial charge >= 0.3 is 0 Å². The number of benzene rings is 2. The van der Waals surface area contributed by atoms with Gasteiger partial charge in [0.2, 0.25) is 5.91 Å². The zero-order chi connectivity index (χ0) is 22.9. The predicted molar refractivity (Wildman–Crippen MR) is 118 cm³/mol. The Hall–Kier alpha value is -3.61. The lowest BCUT2D eigenvalue weighted by Crippen LogP contribution is -2.47. The quantitative estimate of drug-likeness (QED) is 0.474. The lowest BCUT2D eigenvalue weighted by molar-refractivity contribution is -0.144. The average molecular weight is 438 g/mol. The van der Waals surface area contributed by atoms with Crippen LogP contribution in [-0.4, -0.2) is 40.8 Å². The van der Waals surface area contributed by atoms with E-state index < -0.39 is 0 Å². The fourth-order valence-corrected chi connectivity index (χ4v) is 3.18. The summed E-state index contributed by atoms with van der Waals surface area (Å²) in [6.45, 7) is 3.95. The van der Waals surface area contributed by atoms with E-state index in [0.717, 1.165) is 5.56 Å². The summed E-state index contributed by atoms with van der Waals surface area (Å²) in [6, 6.07) is 18.4. The minimum atomic E-state index is -0.340. The van der Waals surface area contributed by atoms with Crippen molar-refractivity contribution in [2.24, 2.45) is 0 Å². The lowest BCUT2D eigenvalue weighted by Gasteiger charge is -2.30. The first-order valence-corrected chi connectivity index (χ1v) is 10.4. The van der Waals surface area contributed by atoms with Gasteiger partial charge in [-0.15, -0.1) is 0 Å². The molecule has 2 amide bonds. The molecule has 7 heteroatoms. The molecule has 0 fully saturated rings. The predicted octanol–water partition coefficient (Wildman–Crippen LogP) is 4.26. The van der Waals surface area contributed by atoms with E-state index in [2.05, 4.69) is 0 Å². The van der Waals surface area contributed by atoms with Crippen molar-refractivity contribution in [3.8, 4) is 5.75 Å². The SMILES string of the molecule is CC(C)N(CC(=O)N(Cc1ccc(F)cc1)Cc1ccco1)C(=O)COc1ccccc1. The lowest BCUT2D eigenvalue weighted by atomic mass is 10.2. The van der Waals surface area contributed by atoms with Crippen molar-refractivity contribution in [3.63, 3.8) is 0 Å². The Kier molecular flexibility index (Phi) is 8.02. The Morgan fingerprint density at radius 1 is 0.938 bits per heavy atom. The maximum Gasteiger partial charge on any atom is 0.261 e. The van der Waals surface area contributed by atoms with Crippen molar-refractivity contribution in [2.75, 3.05) is 13.2 Å². The third kappa shape index (κ3) is 6.70. The van der Waals surface area contributed by atoms with Gasteiger partial charge in [-0.25, -0.2) is 4.39 Å². The molecule has 1 heterocycles. The minimum Gasteiger partial charge on any atom is -0.484 e. The average Bonchev–Trinajstić information content (AvgIpc) is 3.30. The van der Waals surface area contributed by atoms with Gasteiger partial charge in [0.15, 0.2) is 6.61 Å². The van der Waals surface area contributed by atoms with Crippen LogP contribution in [0, 0.1) is 5.82 Å². The second kappa shape index (κ2) is 11.1. The highest BCUT2D eigenvalue weighted by Gasteiger charge is 2.24. The van der Waals surface area contributed by atoms with Crippen molar-refractivity contribution in [2.45, 2.75) is 33.0 Å². The highest BCUT2D eigenvalue weighted by Crippen LogP contribution is 2.14. The number of furan rings is 1. The first-order valence-electron chi connectivity index (χ1n) is 10.4. The van der Waals surface area contributed by atoms with Crippen LogP contribution in [-0.2, 0) is 22.7 Å². The largest absolute Gasteiger partial charge is 0.484 e. The number of hydrogen-bond donors (Lipinski definition) is 0. The number of carbonyl (C=O) groups is 2. The molecule has 0 spiro atoms. The third-order valence-corrected chi connectivity index (χ3v) is 4.92. The zero-order valence-electron chi connectivity index (χ0n) is 18.2. The van der Waals surface area contributed by atoms with Gasteiger partial charge in [0.05, 0.1) is 12.8 Å². The van der Waals surface area contributed by atoms with Gasteiger partial charge in [0.1, 0.15) is 23.9 Å². The van der Waals surface area contributed by atoms with Crippen LogP contribution in [0.5, 0.6) is 5.75 Å². The smallest absolute Gasteiger partial charge is 0.261 e. The van der Waals surface area contributed by atoms with Gasteiger partial charge in [-0.2, -0.15) is 0 Å². The topological polar surface area (TPSA) is 63.0 Å². The van der Waals surface area contributed by atoms with Crippen molar-refractivity contribution >= 4 is 11.8 Å². The second-order valence-corrected chi connectivity index (χ2v) is 7.67. The van der Waals surface area contributed by atoms with Gasteiger partial charge in [0, 0.05) is 12.6 Å². The molecule has 0 radical (unpaired) electrons. The molecule has 0 aliphatic carbocycles. The number of nitrogens with zero attached hydrogens (tertiary/aromatic N) is 2. The number of rotatable bonds is 10. The van der Waals surface area contributed by atoms with Gasteiger partial charge in [-0.1, -0.05) is 30.3 Å². The van der Waals surface area contributed by atoms with E-state index in [1.807, 2.05) is 32.0 Å². The second-order valence-electron chi connectivity index (χ2n) is 7.67. The number of amides is 2. The van der Waals surface area contributed by atoms with E-state index in [1.54, 1.807) is 47.6 Å². The summed E-state index contributed by atoms with van der Waals surface area (Å²) >= 11 is 0. The van der Waals surface area contributed by atoms with E-state index in [-0.39, 0.29) is 49.9 Å². The molecule has 3 rings (SSSR count). The zero-order valence-corrected chi connectivity index (χ0v) is 18.2. The molecule has 0 saturated carbocycles. The van der Waals surface area contributed by atoms with Crippen molar-refractivity contribution in [1.82, 2.24) is 9.80 Å². The number of halogens is 1. The maximum atomic E-state index is 13.3. The van der Waals surface area contributed by atoms with Crippen LogP contribution >= 0.6 is 0 Å². The molecule has 0 bridgehead atoms.